The van der Waals surface area contributed by atoms with Gasteiger partial charge in [0.1, 0.15) is 18.7 Å². The van der Waals surface area contributed by atoms with Crippen molar-refractivity contribution in [2.75, 3.05) is 39.3 Å². The third-order valence-electron chi connectivity index (χ3n) is 4.81. The molecule has 0 radical (unpaired) electrons. The molecule has 0 aliphatic carbocycles. The number of carbonyl (C=O) groups is 1. The molecule has 1 saturated heterocycles. The van der Waals surface area contributed by atoms with E-state index in [9.17, 15) is 4.79 Å². The maximum Gasteiger partial charge on any atom is 0.253 e. The van der Waals surface area contributed by atoms with Crippen LogP contribution in [0.3, 0.4) is 0 Å². The Hall–Kier alpha value is -3.26. The van der Waals surface area contributed by atoms with Crippen molar-refractivity contribution in [1.82, 2.24) is 30.0 Å². The molecule has 2 heterocycles. The van der Waals surface area contributed by atoms with E-state index in [4.69, 9.17) is 4.74 Å². The molecule has 8 nitrogen and oxygen atoms in total. The summed E-state index contributed by atoms with van der Waals surface area (Å²) in [4.78, 5) is 17.0. The highest BCUT2D eigenvalue weighted by Gasteiger charge is 2.22. The van der Waals surface area contributed by atoms with Crippen LogP contribution in [0.4, 0.5) is 0 Å². The highest BCUT2D eigenvalue weighted by molar-refractivity contribution is 5.94. The first kappa shape index (κ1) is 18.1. The molecule has 0 saturated carbocycles. The second-order valence-corrected chi connectivity index (χ2v) is 6.60. The van der Waals surface area contributed by atoms with E-state index in [1.807, 2.05) is 59.5 Å². The quantitative estimate of drug-likeness (QED) is 0.647. The van der Waals surface area contributed by atoms with E-state index in [0.29, 0.717) is 12.2 Å². The van der Waals surface area contributed by atoms with Gasteiger partial charge in [0.15, 0.2) is 0 Å². The predicted molar refractivity (Wildman–Crippen MR) is 103 cm³/mol. The highest BCUT2D eigenvalue weighted by Crippen LogP contribution is 2.13. The Balaban J connectivity index is 1.24. The van der Waals surface area contributed by atoms with Crippen LogP contribution in [0.1, 0.15) is 10.4 Å². The first-order chi connectivity index (χ1) is 13.8. The van der Waals surface area contributed by atoms with Crippen LogP contribution in [0.2, 0.25) is 0 Å². The Kier molecular flexibility index (Phi) is 5.58. The van der Waals surface area contributed by atoms with Gasteiger partial charge >= 0.3 is 0 Å². The minimum Gasteiger partial charge on any atom is -0.492 e. The zero-order valence-corrected chi connectivity index (χ0v) is 15.5. The Bertz CT molecular complexity index is 875. The number of rotatable bonds is 6. The molecule has 1 aromatic heterocycles. The number of amides is 1. The maximum absolute atomic E-state index is 12.7. The Morgan fingerprint density at radius 3 is 2.39 bits per heavy atom. The minimum atomic E-state index is 0.0588. The molecule has 0 atom stereocenters. The van der Waals surface area contributed by atoms with Gasteiger partial charge in [-0.3, -0.25) is 9.69 Å². The van der Waals surface area contributed by atoms with Gasteiger partial charge in [0.2, 0.25) is 0 Å². The van der Waals surface area contributed by atoms with Crippen molar-refractivity contribution in [1.29, 1.82) is 0 Å². The summed E-state index contributed by atoms with van der Waals surface area (Å²) in [7, 11) is 0. The molecular formula is C20H22N6O2. The van der Waals surface area contributed by atoms with Gasteiger partial charge in [-0.25, -0.2) is 4.68 Å². The zero-order valence-electron chi connectivity index (χ0n) is 15.5. The van der Waals surface area contributed by atoms with Crippen molar-refractivity contribution >= 4 is 5.91 Å². The van der Waals surface area contributed by atoms with E-state index in [0.717, 1.165) is 44.2 Å². The number of hydrogen-bond donors (Lipinski definition) is 0. The molecule has 8 heteroatoms. The van der Waals surface area contributed by atoms with Gasteiger partial charge in [0.05, 0.1) is 5.69 Å². The number of nitrogens with zero attached hydrogens (tertiary/aromatic N) is 6. The molecule has 4 rings (SSSR count). The van der Waals surface area contributed by atoms with Crippen LogP contribution < -0.4 is 4.74 Å². The van der Waals surface area contributed by atoms with E-state index >= 15 is 0 Å². The van der Waals surface area contributed by atoms with Crippen LogP contribution >= 0.6 is 0 Å². The van der Waals surface area contributed by atoms with Crippen molar-refractivity contribution in [2.45, 2.75) is 0 Å². The van der Waals surface area contributed by atoms with Gasteiger partial charge in [0, 0.05) is 38.3 Å². The molecule has 2 aromatic carbocycles. The molecular weight excluding hydrogens is 356 g/mol. The smallest absolute Gasteiger partial charge is 0.253 e. The molecule has 1 aliphatic rings. The summed E-state index contributed by atoms with van der Waals surface area (Å²) in [5.74, 6) is 0.949. The average Bonchev–Trinajstić information content (AvgIpc) is 3.30. The molecule has 1 amide bonds. The van der Waals surface area contributed by atoms with Crippen molar-refractivity contribution in [3.8, 4) is 11.4 Å². The molecule has 28 heavy (non-hydrogen) atoms. The van der Waals surface area contributed by atoms with Gasteiger partial charge in [-0.05, 0) is 46.8 Å². The summed E-state index contributed by atoms with van der Waals surface area (Å²) in [6, 6.07) is 17.2. The normalized spacial score (nSPS) is 14.8. The summed E-state index contributed by atoms with van der Waals surface area (Å²) in [5.41, 5.74) is 1.50. The van der Waals surface area contributed by atoms with E-state index in [2.05, 4.69) is 20.4 Å². The first-order valence-electron chi connectivity index (χ1n) is 9.32. The molecule has 1 fully saturated rings. The number of piperazine rings is 1. The molecule has 0 unspecified atom stereocenters. The SMILES string of the molecule is O=C(c1ccc(-n2cnnn2)cc1)N1CCN(CCOc2ccccc2)CC1. The average molecular weight is 378 g/mol. The Labute approximate surface area is 163 Å². The van der Waals surface area contributed by atoms with Crippen LogP contribution in [0, 0.1) is 0 Å². The van der Waals surface area contributed by atoms with Crippen molar-refractivity contribution in [3.63, 3.8) is 0 Å². The number of benzene rings is 2. The lowest BCUT2D eigenvalue weighted by molar-refractivity contribution is 0.0620. The molecule has 3 aromatic rings. The van der Waals surface area contributed by atoms with Crippen molar-refractivity contribution in [2.24, 2.45) is 0 Å². The van der Waals surface area contributed by atoms with Gasteiger partial charge < -0.3 is 9.64 Å². The second-order valence-electron chi connectivity index (χ2n) is 6.60. The Morgan fingerprint density at radius 2 is 1.71 bits per heavy atom. The van der Waals surface area contributed by atoms with Crippen LogP contribution in [-0.4, -0.2) is 75.2 Å². The van der Waals surface area contributed by atoms with E-state index < -0.39 is 0 Å². The zero-order chi connectivity index (χ0) is 19.2. The molecule has 144 valence electrons. The summed E-state index contributed by atoms with van der Waals surface area (Å²) < 4.78 is 7.32. The predicted octanol–water partition coefficient (Wildman–Crippen LogP) is 1.50. The minimum absolute atomic E-state index is 0.0588. The lowest BCUT2D eigenvalue weighted by Crippen LogP contribution is -2.49. The molecule has 0 N–H and O–H groups in total. The van der Waals surface area contributed by atoms with E-state index in [1.54, 1.807) is 4.68 Å². The lowest BCUT2D eigenvalue weighted by Gasteiger charge is -2.34. The van der Waals surface area contributed by atoms with Gasteiger partial charge in [-0.1, -0.05) is 18.2 Å². The topological polar surface area (TPSA) is 76.4 Å². The van der Waals surface area contributed by atoms with E-state index in [1.165, 1.54) is 6.33 Å². The fourth-order valence-electron chi connectivity index (χ4n) is 3.20. The highest BCUT2D eigenvalue weighted by atomic mass is 16.5. The van der Waals surface area contributed by atoms with E-state index in [-0.39, 0.29) is 5.91 Å². The number of hydrogen-bond acceptors (Lipinski definition) is 6. The lowest BCUT2D eigenvalue weighted by atomic mass is 10.1. The largest absolute Gasteiger partial charge is 0.492 e. The number of carbonyl (C=O) groups excluding carboxylic acids is 1. The summed E-state index contributed by atoms with van der Waals surface area (Å²) in [5, 5.41) is 11.1. The van der Waals surface area contributed by atoms with Gasteiger partial charge in [0.25, 0.3) is 5.91 Å². The Morgan fingerprint density at radius 1 is 0.964 bits per heavy atom. The van der Waals surface area contributed by atoms with Crippen LogP contribution in [-0.2, 0) is 0 Å². The summed E-state index contributed by atoms with van der Waals surface area (Å²) in [6.07, 6.45) is 1.53. The van der Waals surface area contributed by atoms with Crippen LogP contribution in [0.5, 0.6) is 5.75 Å². The number of para-hydroxylation sites is 1. The first-order valence-corrected chi connectivity index (χ1v) is 9.32. The summed E-state index contributed by atoms with van der Waals surface area (Å²) >= 11 is 0. The number of aromatic nitrogens is 4. The van der Waals surface area contributed by atoms with Gasteiger partial charge in [-0.2, -0.15) is 0 Å². The fourth-order valence-corrected chi connectivity index (χ4v) is 3.20. The van der Waals surface area contributed by atoms with Crippen molar-refractivity contribution < 1.29 is 9.53 Å². The second kappa shape index (κ2) is 8.62. The summed E-state index contributed by atoms with van der Waals surface area (Å²) in [6.45, 7) is 4.66. The van der Waals surface area contributed by atoms with Crippen LogP contribution in [0.25, 0.3) is 5.69 Å². The standard InChI is InChI=1S/C20H22N6O2/c27-20(17-6-8-18(9-7-17)26-16-21-22-23-26)25-12-10-24(11-13-25)14-15-28-19-4-2-1-3-5-19/h1-9,16H,10-15H2. The molecule has 0 bridgehead atoms. The molecule has 0 spiro atoms. The number of tetrazole rings is 1. The fraction of sp³-hybridized carbons (Fsp3) is 0.300. The number of ether oxygens (including phenoxy) is 1. The third-order valence-corrected chi connectivity index (χ3v) is 4.81. The van der Waals surface area contributed by atoms with Crippen molar-refractivity contribution in [3.05, 3.63) is 66.5 Å². The van der Waals surface area contributed by atoms with Gasteiger partial charge in [-0.15, -0.1) is 5.10 Å². The third kappa shape index (κ3) is 4.34. The van der Waals surface area contributed by atoms with Crippen LogP contribution in [0.15, 0.2) is 60.9 Å². The molecule has 1 aliphatic heterocycles. The monoisotopic (exact) mass is 378 g/mol. The maximum atomic E-state index is 12.7.